The summed E-state index contributed by atoms with van der Waals surface area (Å²) < 4.78 is 4.58. The number of rotatable bonds is 4. The van der Waals surface area contributed by atoms with E-state index in [0.29, 0.717) is 22.7 Å². The second-order valence-corrected chi connectivity index (χ2v) is 8.67. The summed E-state index contributed by atoms with van der Waals surface area (Å²) in [6.45, 7) is 5.71. The van der Waals surface area contributed by atoms with Crippen LogP contribution in [0.1, 0.15) is 31.2 Å². The van der Waals surface area contributed by atoms with E-state index in [1.807, 2.05) is 28.8 Å². The number of benzene rings is 1. The van der Waals surface area contributed by atoms with E-state index in [9.17, 15) is 9.59 Å². The Kier molecular flexibility index (Phi) is 5.36. The minimum atomic E-state index is -0.361. The molecule has 0 atom stereocenters. The molecule has 0 radical (unpaired) electrons. The third-order valence-electron chi connectivity index (χ3n) is 6.05. The molecular weight excluding hydrogens is 390 g/mol. The molecule has 7 nitrogen and oxygen atoms in total. The standard InChI is InChI=1S/C21H26ClN5O2/c1-14-7-9-26(10-8-14)13-17-23-19-18(20(28)25(3)21(29)24(19)2)27(17)12-15-5-4-6-16(22)11-15/h4-6,11,14H,7-10,12-13H2,1-3H3/p+1. The SMILES string of the molecule is CC1CC[NH+](Cc2nc3c(c(=O)n(C)c(=O)n3C)n2Cc2cccc(Cl)c2)CC1. The number of piperidine rings is 1. The number of halogens is 1. The molecule has 0 amide bonds. The number of hydrogen-bond acceptors (Lipinski definition) is 3. The van der Waals surface area contributed by atoms with Gasteiger partial charge in [-0.1, -0.05) is 30.7 Å². The number of aromatic nitrogens is 4. The molecule has 0 aliphatic carbocycles. The fourth-order valence-electron chi connectivity index (χ4n) is 4.19. The number of quaternary nitrogens is 1. The van der Waals surface area contributed by atoms with Crippen molar-refractivity contribution in [2.75, 3.05) is 13.1 Å². The molecule has 1 fully saturated rings. The molecule has 8 heteroatoms. The summed E-state index contributed by atoms with van der Waals surface area (Å²) in [5.41, 5.74) is 1.23. The highest BCUT2D eigenvalue weighted by molar-refractivity contribution is 6.30. The number of nitrogens with one attached hydrogen (secondary N) is 1. The van der Waals surface area contributed by atoms with E-state index in [4.69, 9.17) is 16.6 Å². The second-order valence-electron chi connectivity index (χ2n) is 8.23. The van der Waals surface area contributed by atoms with Crippen molar-refractivity contribution in [3.8, 4) is 0 Å². The number of aryl methyl sites for hydroxylation is 1. The van der Waals surface area contributed by atoms with Gasteiger partial charge in [-0.05, 0) is 36.5 Å². The molecule has 0 unspecified atom stereocenters. The van der Waals surface area contributed by atoms with Gasteiger partial charge in [0.05, 0.1) is 13.1 Å². The van der Waals surface area contributed by atoms with Crippen molar-refractivity contribution in [3.63, 3.8) is 0 Å². The van der Waals surface area contributed by atoms with Crippen LogP contribution >= 0.6 is 11.6 Å². The Labute approximate surface area is 174 Å². The molecule has 0 spiro atoms. The molecule has 0 saturated carbocycles. The average molecular weight is 417 g/mol. The van der Waals surface area contributed by atoms with Crippen LogP contribution in [-0.4, -0.2) is 31.8 Å². The summed E-state index contributed by atoms with van der Waals surface area (Å²) in [7, 11) is 3.18. The predicted octanol–water partition coefficient (Wildman–Crippen LogP) is 0.950. The van der Waals surface area contributed by atoms with Gasteiger partial charge in [-0.3, -0.25) is 13.9 Å². The third kappa shape index (κ3) is 3.76. The highest BCUT2D eigenvalue weighted by Gasteiger charge is 2.25. The predicted molar refractivity (Wildman–Crippen MR) is 114 cm³/mol. The van der Waals surface area contributed by atoms with Crippen molar-refractivity contribution in [2.45, 2.75) is 32.9 Å². The highest BCUT2D eigenvalue weighted by Crippen LogP contribution is 2.17. The summed E-state index contributed by atoms with van der Waals surface area (Å²) in [5, 5.41) is 0.657. The van der Waals surface area contributed by atoms with Crippen molar-refractivity contribution in [2.24, 2.45) is 20.0 Å². The van der Waals surface area contributed by atoms with Gasteiger partial charge in [0, 0.05) is 25.7 Å². The number of fused-ring (bicyclic) bond motifs is 1. The van der Waals surface area contributed by atoms with Crippen LogP contribution < -0.4 is 16.1 Å². The van der Waals surface area contributed by atoms with Gasteiger partial charge >= 0.3 is 5.69 Å². The lowest BCUT2D eigenvalue weighted by Crippen LogP contribution is -3.11. The van der Waals surface area contributed by atoms with Crippen molar-refractivity contribution >= 4 is 22.8 Å². The molecule has 3 aromatic rings. The molecule has 1 aromatic carbocycles. The van der Waals surface area contributed by atoms with E-state index in [1.54, 1.807) is 7.05 Å². The summed E-state index contributed by atoms with van der Waals surface area (Å²) in [6, 6.07) is 7.63. The Morgan fingerprint density at radius 3 is 2.59 bits per heavy atom. The van der Waals surface area contributed by atoms with Gasteiger partial charge in [0.25, 0.3) is 5.56 Å². The van der Waals surface area contributed by atoms with E-state index in [1.165, 1.54) is 29.4 Å². The fraction of sp³-hybridized carbons (Fsp3) is 0.476. The van der Waals surface area contributed by atoms with Gasteiger partial charge in [-0.25, -0.2) is 9.78 Å². The van der Waals surface area contributed by atoms with Crippen molar-refractivity contribution in [1.82, 2.24) is 18.7 Å². The number of hydrogen-bond donors (Lipinski definition) is 1. The van der Waals surface area contributed by atoms with Crippen LogP contribution in [0.15, 0.2) is 33.9 Å². The summed E-state index contributed by atoms with van der Waals surface area (Å²) in [5.74, 6) is 1.60. The molecule has 4 rings (SSSR count). The second kappa shape index (κ2) is 7.80. The van der Waals surface area contributed by atoms with Gasteiger partial charge < -0.3 is 9.47 Å². The Hall–Kier alpha value is -2.38. The van der Waals surface area contributed by atoms with Crippen LogP contribution in [-0.2, 0) is 27.2 Å². The first-order chi connectivity index (χ1) is 13.8. The largest absolute Gasteiger partial charge is 0.332 e. The lowest BCUT2D eigenvalue weighted by molar-refractivity contribution is -0.920. The average Bonchev–Trinajstić information content (AvgIpc) is 3.04. The number of nitrogens with zero attached hydrogens (tertiary/aromatic N) is 4. The molecule has 1 saturated heterocycles. The lowest BCUT2D eigenvalue weighted by atomic mass is 9.99. The van der Waals surface area contributed by atoms with Gasteiger partial charge in [0.15, 0.2) is 17.0 Å². The normalized spacial score (nSPS) is 19.7. The summed E-state index contributed by atoms with van der Waals surface area (Å²) in [4.78, 5) is 31.6. The zero-order chi connectivity index (χ0) is 20.7. The molecule has 1 aliphatic rings. The zero-order valence-electron chi connectivity index (χ0n) is 17.1. The first-order valence-corrected chi connectivity index (χ1v) is 10.5. The lowest BCUT2D eigenvalue weighted by Gasteiger charge is -2.27. The Morgan fingerprint density at radius 1 is 1.17 bits per heavy atom. The molecule has 0 bridgehead atoms. The molecular formula is C21H27ClN5O2+. The van der Waals surface area contributed by atoms with Gasteiger partial charge in [0.1, 0.15) is 6.54 Å². The summed E-state index contributed by atoms with van der Waals surface area (Å²) in [6.07, 6.45) is 2.40. The third-order valence-corrected chi connectivity index (χ3v) is 6.28. The van der Waals surface area contributed by atoms with Crippen LogP contribution in [0, 0.1) is 5.92 Å². The summed E-state index contributed by atoms with van der Waals surface area (Å²) >= 11 is 6.17. The Bertz CT molecular complexity index is 1170. The van der Waals surface area contributed by atoms with Crippen molar-refractivity contribution in [1.29, 1.82) is 0 Å². The van der Waals surface area contributed by atoms with E-state index in [-0.39, 0.29) is 11.2 Å². The van der Waals surface area contributed by atoms with Gasteiger partial charge in [-0.15, -0.1) is 0 Å². The monoisotopic (exact) mass is 416 g/mol. The van der Waals surface area contributed by atoms with Crippen LogP contribution in [0.3, 0.4) is 0 Å². The molecule has 2 aromatic heterocycles. The molecule has 1 N–H and O–H groups in total. The number of imidazole rings is 1. The van der Waals surface area contributed by atoms with E-state index < -0.39 is 0 Å². The van der Waals surface area contributed by atoms with E-state index in [0.717, 1.165) is 41.5 Å². The fourth-order valence-corrected chi connectivity index (χ4v) is 4.40. The molecule has 154 valence electrons. The van der Waals surface area contributed by atoms with Crippen LogP contribution in [0.5, 0.6) is 0 Å². The molecule has 1 aliphatic heterocycles. The smallest absolute Gasteiger partial charge is 0.329 e. The zero-order valence-corrected chi connectivity index (χ0v) is 17.9. The topological polar surface area (TPSA) is 66.3 Å². The Morgan fingerprint density at radius 2 is 1.90 bits per heavy atom. The van der Waals surface area contributed by atoms with E-state index in [2.05, 4.69) is 6.92 Å². The molecule has 3 heterocycles. The molecule has 29 heavy (non-hydrogen) atoms. The van der Waals surface area contributed by atoms with Crippen LogP contribution in [0.25, 0.3) is 11.2 Å². The van der Waals surface area contributed by atoms with Gasteiger partial charge in [-0.2, -0.15) is 0 Å². The first kappa shape index (κ1) is 19.9. The maximum absolute atomic E-state index is 13.0. The van der Waals surface area contributed by atoms with Gasteiger partial charge in [0.2, 0.25) is 0 Å². The minimum Gasteiger partial charge on any atom is -0.329 e. The maximum atomic E-state index is 13.0. The number of likely N-dealkylation sites (tertiary alicyclic amines) is 1. The van der Waals surface area contributed by atoms with Crippen LogP contribution in [0.2, 0.25) is 5.02 Å². The van der Waals surface area contributed by atoms with Crippen molar-refractivity contribution in [3.05, 3.63) is 61.5 Å². The first-order valence-electron chi connectivity index (χ1n) is 10.1. The quantitative estimate of drug-likeness (QED) is 0.688. The van der Waals surface area contributed by atoms with E-state index >= 15 is 0 Å². The van der Waals surface area contributed by atoms with Crippen LogP contribution in [0.4, 0.5) is 0 Å². The van der Waals surface area contributed by atoms with Crippen molar-refractivity contribution < 1.29 is 4.90 Å². The maximum Gasteiger partial charge on any atom is 0.332 e. The highest BCUT2D eigenvalue weighted by atomic mass is 35.5. The minimum absolute atomic E-state index is 0.314. The Balaban J connectivity index is 1.84.